The highest BCUT2D eigenvalue weighted by atomic mass is 16.5. The van der Waals surface area contributed by atoms with Gasteiger partial charge in [-0.1, -0.05) is 0 Å². The van der Waals surface area contributed by atoms with Crippen LogP contribution in [0.2, 0.25) is 0 Å². The van der Waals surface area contributed by atoms with E-state index in [2.05, 4.69) is 0 Å². The van der Waals surface area contributed by atoms with Crippen LogP contribution in [-0.4, -0.2) is 44.4 Å². The normalized spacial score (nSPS) is 14.5. The average molecular weight is 161 g/mol. The Morgan fingerprint density at radius 2 is 2.00 bits per heavy atom. The summed E-state index contributed by atoms with van der Waals surface area (Å²) in [6, 6.07) is 0. The van der Waals surface area contributed by atoms with Gasteiger partial charge in [-0.3, -0.25) is 0 Å². The van der Waals surface area contributed by atoms with Crippen molar-refractivity contribution in [3.8, 4) is 0 Å². The summed E-state index contributed by atoms with van der Waals surface area (Å²) >= 11 is 0. The summed E-state index contributed by atoms with van der Waals surface area (Å²) in [7, 11) is 5.24. The fourth-order valence-electron chi connectivity index (χ4n) is 0.766. The van der Waals surface area contributed by atoms with E-state index in [1.165, 1.54) is 0 Å². The fourth-order valence-corrected chi connectivity index (χ4v) is 0.766. The van der Waals surface area contributed by atoms with Crippen molar-refractivity contribution in [2.24, 2.45) is 0 Å². The Kier molecular flexibility index (Phi) is 3.48. The van der Waals surface area contributed by atoms with E-state index in [-0.39, 0.29) is 4.48 Å². The number of carbonyl (C=O) groups is 1. The highest BCUT2D eigenvalue weighted by molar-refractivity contribution is 5.68. The van der Waals surface area contributed by atoms with E-state index in [1.807, 2.05) is 0 Å². The third-order valence-electron chi connectivity index (χ3n) is 1.23. The highest BCUT2D eigenvalue weighted by Crippen LogP contribution is 2.02. The van der Waals surface area contributed by atoms with E-state index in [1.54, 1.807) is 28.1 Å². The monoisotopic (exact) mass is 161 g/mol. The lowest BCUT2D eigenvalue weighted by Gasteiger charge is -2.33. The van der Waals surface area contributed by atoms with Gasteiger partial charge in [-0.2, -0.15) is 0 Å². The van der Waals surface area contributed by atoms with Crippen LogP contribution in [0, 0.1) is 0 Å². The molecule has 0 aromatic heterocycles. The maximum Gasteiger partial charge on any atom is 0.234 e. The van der Waals surface area contributed by atoms with E-state index >= 15 is 0 Å². The van der Waals surface area contributed by atoms with Crippen molar-refractivity contribution in [3.05, 3.63) is 0 Å². The summed E-state index contributed by atoms with van der Waals surface area (Å²) in [5.41, 5.74) is 0. The van der Waals surface area contributed by atoms with Crippen LogP contribution in [0.25, 0.3) is 0 Å². The van der Waals surface area contributed by atoms with Crippen molar-refractivity contribution in [2.45, 2.75) is 13.2 Å². The topological polar surface area (TPSA) is 49.4 Å². The van der Waals surface area contributed by atoms with Gasteiger partial charge in [-0.05, 0) is 6.92 Å². The molecule has 1 atom stereocenters. The first-order valence-electron chi connectivity index (χ1n) is 3.53. The number of ether oxygens (including phenoxy) is 1. The average Bonchev–Trinajstić information content (AvgIpc) is 1.79. The van der Waals surface area contributed by atoms with Gasteiger partial charge in [0, 0.05) is 0 Å². The van der Waals surface area contributed by atoms with Crippen molar-refractivity contribution in [3.63, 3.8) is 0 Å². The second kappa shape index (κ2) is 3.69. The van der Waals surface area contributed by atoms with Crippen molar-refractivity contribution in [1.82, 2.24) is 0 Å². The predicted octanol–water partition coefficient (Wildman–Crippen LogP) is -1.19. The third-order valence-corrected chi connectivity index (χ3v) is 1.23. The summed E-state index contributed by atoms with van der Waals surface area (Å²) in [5.74, 6) is -1.17. The second-order valence-corrected chi connectivity index (χ2v) is 3.24. The van der Waals surface area contributed by atoms with Crippen LogP contribution in [-0.2, 0) is 9.53 Å². The molecule has 11 heavy (non-hydrogen) atoms. The molecule has 4 nitrogen and oxygen atoms in total. The van der Waals surface area contributed by atoms with Gasteiger partial charge >= 0.3 is 0 Å². The van der Waals surface area contributed by atoms with E-state index in [9.17, 15) is 9.90 Å². The van der Waals surface area contributed by atoms with Crippen molar-refractivity contribution in [2.75, 3.05) is 27.7 Å². The molecule has 0 fully saturated rings. The molecule has 66 valence electrons. The lowest BCUT2D eigenvalue weighted by Crippen LogP contribution is -2.56. The molecule has 0 amide bonds. The summed E-state index contributed by atoms with van der Waals surface area (Å²) in [5, 5.41) is 10.5. The highest BCUT2D eigenvalue weighted by Gasteiger charge is 2.24. The number of hydrogen-bond acceptors (Lipinski definition) is 3. The minimum atomic E-state index is -1.17. The quantitative estimate of drug-likeness (QED) is 0.384. The Bertz CT molecular complexity index is 139. The van der Waals surface area contributed by atoms with Gasteiger partial charge in [0.1, 0.15) is 5.97 Å². The zero-order chi connectivity index (χ0) is 9.07. The SMILES string of the molecule is CCOC(C(=O)[O-])[N+](C)(C)C. The second-order valence-electron chi connectivity index (χ2n) is 3.24. The maximum absolute atomic E-state index is 10.5. The third kappa shape index (κ3) is 3.34. The Labute approximate surface area is 67.0 Å². The lowest BCUT2D eigenvalue weighted by atomic mass is 10.4. The van der Waals surface area contributed by atoms with E-state index in [4.69, 9.17) is 4.74 Å². The van der Waals surface area contributed by atoms with Gasteiger partial charge in [-0.15, -0.1) is 0 Å². The molecule has 0 aliphatic carbocycles. The van der Waals surface area contributed by atoms with Crippen molar-refractivity contribution < 1.29 is 19.1 Å². The number of quaternary nitrogens is 1. The number of rotatable bonds is 4. The molecule has 0 aromatic rings. The Morgan fingerprint density at radius 1 is 1.55 bits per heavy atom. The van der Waals surface area contributed by atoms with E-state index in [0.29, 0.717) is 6.61 Å². The lowest BCUT2D eigenvalue weighted by molar-refractivity contribution is -0.912. The molecule has 0 aromatic carbocycles. The van der Waals surface area contributed by atoms with E-state index < -0.39 is 12.2 Å². The van der Waals surface area contributed by atoms with Crippen LogP contribution < -0.4 is 5.11 Å². The molecule has 0 heterocycles. The van der Waals surface area contributed by atoms with Gasteiger partial charge in [0.15, 0.2) is 0 Å². The van der Waals surface area contributed by atoms with Gasteiger partial charge in [0.05, 0.1) is 27.7 Å². The van der Waals surface area contributed by atoms with Crippen LogP contribution in [0.5, 0.6) is 0 Å². The minimum Gasteiger partial charge on any atom is -0.542 e. The molecule has 4 heteroatoms. The number of aliphatic carboxylic acids is 1. The molecule has 0 saturated carbocycles. The zero-order valence-corrected chi connectivity index (χ0v) is 7.46. The van der Waals surface area contributed by atoms with Crippen LogP contribution >= 0.6 is 0 Å². The zero-order valence-electron chi connectivity index (χ0n) is 7.46. The number of carbonyl (C=O) groups excluding carboxylic acids is 1. The molecule has 0 saturated heterocycles. The first-order chi connectivity index (χ1) is 4.89. The molecular formula is C7H15NO3. The summed E-state index contributed by atoms with van der Waals surface area (Å²) < 4.78 is 5.20. The van der Waals surface area contributed by atoms with Gasteiger partial charge < -0.3 is 19.1 Å². The molecule has 0 rings (SSSR count). The van der Waals surface area contributed by atoms with Crippen LogP contribution in [0.4, 0.5) is 0 Å². The van der Waals surface area contributed by atoms with Gasteiger partial charge in [-0.25, -0.2) is 0 Å². The predicted molar refractivity (Wildman–Crippen MR) is 38.5 cm³/mol. The Morgan fingerprint density at radius 3 is 2.09 bits per heavy atom. The molecule has 0 spiro atoms. The summed E-state index contributed by atoms with van der Waals surface area (Å²) in [6.45, 7) is 2.14. The number of hydrogen-bond donors (Lipinski definition) is 0. The number of likely N-dealkylation sites (N-methyl/N-ethyl adjacent to an activating group) is 1. The van der Waals surface area contributed by atoms with Gasteiger partial charge in [0.25, 0.3) is 0 Å². The summed E-state index contributed by atoms with van der Waals surface area (Å²) in [4.78, 5) is 10.5. The first-order valence-corrected chi connectivity index (χ1v) is 3.53. The van der Waals surface area contributed by atoms with Crippen molar-refractivity contribution in [1.29, 1.82) is 0 Å². The molecule has 0 radical (unpaired) electrons. The van der Waals surface area contributed by atoms with Crippen LogP contribution in [0.3, 0.4) is 0 Å². The standard InChI is InChI=1S/C7H15NO3/c1-5-11-6(7(9)10)8(2,3)4/h6H,5H2,1-4H3. The molecule has 0 bridgehead atoms. The smallest absolute Gasteiger partial charge is 0.234 e. The Balaban J connectivity index is 4.22. The minimum absolute atomic E-state index is 0.218. The molecule has 1 unspecified atom stereocenters. The number of nitrogens with zero attached hydrogens (tertiary/aromatic N) is 1. The van der Waals surface area contributed by atoms with E-state index in [0.717, 1.165) is 0 Å². The number of carboxylic acids is 1. The molecule has 0 aliphatic rings. The van der Waals surface area contributed by atoms with Crippen LogP contribution in [0.15, 0.2) is 0 Å². The van der Waals surface area contributed by atoms with Crippen LogP contribution in [0.1, 0.15) is 6.92 Å². The molecule has 0 N–H and O–H groups in total. The summed E-state index contributed by atoms with van der Waals surface area (Å²) in [6.07, 6.45) is -0.875. The maximum atomic E-state index is 10.5. The number of carboxylic acid groups (broad SMARTS) is 1. The largest absolute Gasteiger partial charge is 0.542 e. The molecule has 0 aliphatic heterocycles. The van der Waals surface area contributed by atoms with Crippen molar-refractivity contribution >= 4 is 5.97 Å². The Hall–Kier alpha value is -0.610. The van der Waals surface area contributed by atoms with Gasteiger partial charge in [0.2, 0.25) is 6.23 Å². The first kappa shape index (κ1) is 10.4. The molecular weight excluding hydrogens is 146 g/mol. The fraction of sp³-hybridized carbons (Fsp3) is 0.857.